The number of hydrogen-bond acceptors (Lipinski definition) is 4. The molecule has 0 radical (unpaired) electrons. The van der Waals surface area contributed by atoms with E-state index < -0.39 is 23.8 Å². The number of nitrogens with one attached hydrogen (secondary N) is 1. The Morgan fingerprint density at radius 2 is 1.93 bits per heavy atom. The molecule has 146 valence electrons. The van der Waals surface area contributed by atoms with E-state index in [2.05, 4.69) is 5.32 Å². The van der Waals surface area contributed by atoms with Crippen LogP contribution in [0.15, 0.2) is 42.5 Å². The molecule has 3 rings (SSSR count). The van der Waals surface area contributed by atoms with Crippen molar-refractivity contribution in [1.29, 1.82) is 0 Å². The van der Waals surface area contributed by atoms with Gasteiger partial charge in [-0.2, -0.15) is 0 Å². The number of rotatable bonds is 5. The number of phenolic OH excluding ortho intramolecular Hbond substituents is 1. The lowest BCUT2D eigenvalue weighted by molar-refractivity contribution is -0.140. The zero-order chi connectivity index (χ0) is 20.4. The molecule has 3 N–H and O–H groups in total. The lowest BCUT2D eigenvalue weighted by Gasteiger charge is -2.33. The number of halogens is 1. The van der Waals surface area contributed by atoms with Gasteiger partial charge in [-0.25, -0.2) is 4.79 Å². The second kappa shape index (κ2) is 7.90. The van der Waals surface area contributed by atoms with Crippen molar-refractivity contribution >= 4 is 35.1 Å². The first-order valence-electron chi connectivity index (χ1n) is 8.65. The number of anilines is 1. The number of fused-ring (bicyclic) bond motifs is 1. The highest BCUT2D eigenvalue weighted by Crippen LogP contribution is 2.37. The number of hydrogen-bond donors (Lipinski definition) is 3. The summed E-state index contributed by atoms with van der Waals surface area (Å²) >= 11 is 5.80. The summed E-state index contributed by atoms with van der Waals surface area (Å²) in [5.41, 5.74) is 1.46. The van der Waals surface area contributed by atoms with Crippen molar-refractivity contribution in [1.82, 2.24) is 5.32 Å². The van der Waals surface area contributed by atoms with Gasteiger partial charge >= 0.3 is 5.97 Å². The lowest BCUT2D eigenvalue weighted by Crippen LogP contribution is -2.46. The van der Waals surface area contributed by atoms with Crippen molar-refractivity contribution in [3.05, 3.63) is 58.6 Å². The minimum absolute atomic E-state index is 0.00220. The van der Waals surface area contributed by atoms with Gasteiger partial charge in [0.1, 0.15) is 11.8 Å². The zero-order valence-electron chi connectivity index (χ0n) is 15.1. The normalized spacial score (nSPS) is 17.0. The maximum Gasteiger partial charge on any atom is 0.326 e. The van der Waals surface area contributed by atoms with Crippen molar-refractivity contribution in [2.75, 3.05) is 11.9 Å². The van der Waals surface area contributed by atoms with Crippen LogP contribution in [0.5, 0.6) is 5.75 Å². The van der Waals surface area contributed by atoms with E-state index in [-0.39, 0.29) is 30.1 Å². The third kappa shape index (κ3) is 3.94. The molecule has 7 nitrogen and oxygen atoms in total. The minimum Gasteiger partial charge on any atom is -0.506 e. The first-order chi connectivity index (χ1) is 13.3. The summed E-state index contributed by atoms with van der Waals surface area (Å²) in [7, 11) is 1.54. The predicted molar refractivity (Wildman–Crippen MR) is 104 cm³/mol. The first-order valence-corrected chi connectivity index (χ1v) is 9.03. The van der Waals surface area contributed by atoms with Crippen LogP contribution in [-0.2, 0) is 16.0 Å². The number of carboxylic acids is 1. The van der Waals surface area contributed by atoms with E-state index in [1.807, 2.05) is 0 Å². The Morgan fingerprint density at radius 3 is 2.57 bits per heavy atom. The summed E-state index contributed by atoms with van der Waals surface area (Å²) in [5, 5.41) is 22.5. The number of carbonyl (C=O) groups is 3. The molecular weight excluding hydrogens is 384 g/mol. The Kier molecular flexibility index (Phi) is 5.56. The number of carboxylic acid groups (broad SMARTS) is 1. The molecule has 2 aromatic rings. The molecule has 0 bridgehead atoms. The molecular formula is C20H19ClN2O5. The van der Waals surface area contributed by atoms with Gasteiger partial charge in [0.2, 0.25) is 5.91 Å². The second-order valence-electron chi connectivity index (χ2n) is 6.69. The van der Waals surface area contributed by atoms with Crippen molar-refractivity contribution in [2.45, 2.75) is 18.9 Å². The van der Waals surface area contributed by atoms with Gasteiger partial charge in [-0.3, -0.25) is 9.59 Å². The van der Waals surface area contributed by atoms with Crippen LogP contribution in [-0.4, -0.2) is 41.1 Å². The fourth-order valence-corrected chi connectivity index (χ4v) is 3.53. The summed E-state index contributed by atoms with van der Waals surface area (Å²) in [6.45, 7) is 0. The molecule has 8 heteroatoms. The number of para-hydroxylation sites is 1. The van der Waals surface area contributed by atoms with E-state index in [0.717, 1.165) is 5.56 Å². The quantitative estimate of drug-likeness (QED) is 0.712. The van der Waals surface area contributed by atoms with Crippen LogP contribution in [0.3, 0.4) is 0 Å². The monoisotopic (exact) mass is 402 g/mol. The molecule has 28 heavy (non-hydrogen) atoms. The summed E-state index contributed by atoms with van der Waals surface area (Å²) in [4.78, 5) is 38.1. The summed E-state index contributed by atoms with van der Waals surface area (Å²) < 4.78 is 0. The highest BCUT2D eigenvalue weighted by molar-refractivity contribution is 6.30. The fraction of sp³-hybridized carbons (Fsp3) is 0.250. The van der Waals surface area contributed by atoms with E-state index >= 15 is 0 Å². The third-order valence-corrected chi connectivity index (χ3v) is 5.06. The maximum absolute atomic E-state index is 12.7. The smallest absolute Gasteiger partial charge is 0.326 e. The molecule has 0 saturated carbocycles. The molecule has 2 aromatic carbocycles. The molecule has 1 aliphatic heterocycles. The number of aliphatic carboxylic acids is 1. The van der Waals surface area contributed by atoms with Crippen LogP contribution in [0.4, 0.5) is 5.69 Å². The number of carbonyl (C=O) groups excluding carboxylic acids is 2. The zero-order valence-corrected chi connectivity index (χ0v) is 15.8. The van der Waals surface area contributed by atoms with E-state index in [1.165, 1.54) is 42.3 Å². The first kappa shape index (κ1) is 19.7. The number of aromatic hydroxyl groups is 1. The van der Waals surface area contributed by atoms with Crippen LogP contribution in [0.25, 0.3) is 0 Å². The SMILES string of the molecule is CN1C(=O)C(CC(NC(=O)c2ccc(Cl)cc2)C(=O)O)Cc2cccc(O)c21. The molecule has 0 aromatic heterocycles. The summed E-state index contributed by atoms with van der Waals surface area (Å²) in [6, 6.07) is 9.78. The van der Waals surface area contributed by atoms with Crippen molar-refractivity contribution in [3.63, 3.8) is 0 Å². The molecule has 2 amide bonds. The van der Waals surface area contributed by atoms with Gasteiger partial charge in [-0.15, -0.1) is 0 Å². The van der Waals surface area contributed by atoms with Crippen LogP contribution in [0.1, 0.15) is 22.3 Å². The Balaban J connectivity index is 1.77. The number of nitrogens with zero attached hydrogens (tertiary/aromatic N) is 1. The maximum atomic E-state index is 12.7. The second-order valence-corrected chi connectivity index (χ2v) is 7.13. The standard InChI is InChI=1S/C20H19ClN2O5/c1-23-17-12(3-2-4-16(17)24)9-13(19(23)26)10-15(20(27)28)22-18(25)11-5-7-14(21)8-6-11/h2-8,13,15,24H,9-10H2,1H3,(H,22,25)(H,27,28). The molecule has 0 saturated heterocycles. The van der Waals surface area contributed by atoms with Gasteiger partial charge in [0.25, 0.3) is 5.91 Å². The Bertz CT molecular complexity index is 929. The van der Waals surface area contributed by atoms with E-state index in [1.54, 1.807) is 12.1 Å². The van der Waals surface area contributed by atoms with Gasteiger partial charge < -0.3 is 20.4 Å². The number of benzene rings is 2. The summed E-state index contributed by atoms with van der Waals surface area (Å²) in [6.07, 6.45) is 0.223. The Morgan fingerprint density at radius 1 is 1.25 bits per heavy atom. The molecule has 2 atom stereocenters. The van der Waals surface area contributed by atoms with Crippen molar-refractivity contribution in [2.24, 2.45) is 5.92 Å². The molecule has 1 aliphatic rings. The van der Waals surface area contributed by atoms with Gasteiger partial charge in [0.05, 0.1) is 5.69 Å². The van der Waals surface area contributed by atoms with Gasteiger partial charge in [-0.1, -0.05) is 23.7 Å². The van der Waals surface area contributed by atoms with Crippen molar-refractivity contribution in [3.8, 4) is 5.75 Å². The average Bonchev–Trinajstić information content (AvgIpc) is 2.65. The topological polar surface area (TPSA) is 107 Å². The van der Waals surface area contributed by atoms with Crippen LogP contribution in [0, 0.1) is 5.92 Å². The average molecular weight is 403 g/mol. The Hall–Kier alpha value is -3.06. The van der Waals surface area contributed by atoms with E-state index in [9.17, 15) is 24.6 Å². The number of phenols is 1. The molecule has 0 fully saturated rings. The van der Waals surface area contributed by atoms with E-state index in [0.29, 0.717) is 10.7 Å². The highest BCUT2D eigenvalue weighted by Gasteiger charge is 2.36. The predicted octanol–water partition coefficient (Wildman–Crippen LogP) is 2.45. The molecule has 0 aliphatic carbocycles. The summed E-state index contributed by atoms with van der Waals surface area (Å²) in [5.74, 6) is -2.72. The van der Waals surface area contributed by atoms with Crippen LogP contribution < -0.4 is 10.2 Å². The van der Waals surface area contributed by atoms with Crippen LogP contribution >= 0.6 is 11.6 Å². The van der Waals surface area contributed by atoms with Gasteiger partial charge in [0, 0.05) is 23.6 Å². The molecule has 1 heterocycles. The molecule has 2 unspecified atom stereocenters. The highest BCUT2D eigenvalue weighted by atomic mass is 35.5. The largest absolute Gasteiger partial charge is 0.506 e. The lowest BCUT2D eigenvalue weighted by atomic mass is 9.87. The van der Waals surface area contributed by atoms with Crippen LogP contribution in [0.2, 0.25) is 5.02 Å². The number of amides is 2. The Labute approximate surface area is 166 Å². The molecule has 0 spiro atoms. The van der Waals surface area contributed by atoms with Crippen molar-refractivity contribution < 1.29 is 24.6 Å². The fourth-order valence-electron chi connectivity index (χ4n) is 3.40. The minimum atomic E-state index is -1.23. The van der Waals surface area contributed by atoms with E-state index in [4.69, 9.17) is 11.6 Å². The third-order valence-electron chi connectivity index (χ3n) is 4.81. The van der Waals surface area contributed by atoms with Gasteiger partial charge in [0.15, 0.2) is 0 Å². The van der Waals surface area contributed by atoms with Gasteiger partial charge in [-0.05, 0) is 48.7 Å².